The Hall–Kier alpha value is -2.68. The number of nitrogens with zero attached hydrogens (tertiary/aromatic N) is 5. The van der Waals surface area contributed by atoms with Crippen LogP contribution >= 0.6 is 0 Å². The van der Waals surface area contributed by atoms with E-state index < -0.39 is 0 Å². The number of hydrogen-bond donors (Lipinski definition) is 0. The van der Waals surface area contributed by atoms with Crippen LogP contribution in [0.15, 0.2) is 16.7 Å². The monoisotopic (exact) mass is 427 g/mol. The molecule has 4 heterocycles. The number of carbonyl (C=O) groups excluding carboxylic acids is 2. The molecular weight excluding hydrogens is 398 g/mol. The Morgan fingerprint density at radius 2 is 1.74 bits per heavy atom. The summed E-state index contributed by atoms with van der Waals surface area (Å²) in [4.78, 5) is 29.3. The Bertz CT molecular complexity index is 982. The lowest BCUT2D eigenvalue weighted by Crippen LogP contribution is -2.51. The summed E-state index contributed by atoms with van der Waals surface area (Å²) in [6.07, 6.45) is 5.83. The summed E-state index contributed by atoms with van der Waals surface area (Å²) >= 11 is 0. The molecule has 0 bridgehead atoms. The molecule has 31 heavy (non-hydrogen) atoms. The molecule has 1 atom stereocenters. The van der Waals surface area contributed by atoms with Crippen LogP contribution in [-0.4, -0.2) is 76.0 Å². The molecule has 1 saturated carbocycles. The summed E-state index contributed by atoms with van der Waals surface area (Å²) in [6.45, 7) is 7.49. The number of morpholine rings is 1. The highest BCUT2D eigenvalue weighted by Gasteiger charge is 2.50. The van der Waals surface area contributed by atoms with Crippen molar-refractivity contribution in [2.75, 3.05) is 39.4 Å². The first-order valence-electron chi connectivity index (χ1n) is 11.1. The summed E-state index contributed by atoms with van der Waals surface area (Å²) in [5.41, 5.74) is 1.20. The molecule has 1 spiro atoms. The number of furan rings is 1. The molecule has 0 aromatic carbocycles. The maximum Gasteiger partial charge on any atom is 0.276 e. The maximum absolute atomic E-state index is 12.9. The van der Waals surface area contributed by atoms with E-state index in [0.29, 0.717) is 43.3 Å². The lowest BCUT2D eigenvalue weighted by Gasteiger charge is -2.53. The Morgan fingerprint density at radius 3 is 2.35 bits per heavy atom. The fourth-order valence-electron chi connectivity index (χ4n) is 5.30. The Labute approximate surface area is 181 Å². The molecule has 9 nitrogen and oxygen atoms in total. The minimum absolute atomic E-state index is 0.0548. The second kappa shape index (κ2) is 7.78. The fraction of sp³-hybridized carbons (Fsp3) is 0.636. The van der Waals surface area contributed by atoms with Crippen molar-refractivity contribution in [2.24, 2.45) is 5.41 Å². The van der Waals surface area contributed by atoms with E-state index in [1.54, 1.807) is 11.1 Å². The van der Waals surface area contributed by atoms with Gasteiger partial charge in [0.05, 0.1) is 31.0 Å². The number of ether oxygens (including phenoxy) is 1. The highest BCUT2D eigenvalue weighted by atomic mass is 16.5. The molecule has 3 aliphatic rings. The molecule has 166 valence electrons. The number of amides is 2. The van der Waals surface area contributed by atoms with E-state index in [1.165, 1.54) is 0 Å². The predicted molar refractivity (Wildman–Crippen MR) is 111 cm³/mol. The van der Waals surface area contributed by atoms with Gasteiger partial charge in [-0.1, -0.05) is 5.21 Å². The molecule has 2 aromatic rings. The highest BCUT2D eigenvalue weighted by Crippen LogP contribution is 2.56. The third kappa shape index (κ3) is 3.54. The van der Waals surface area contributed by atoms with Gasteiger partial charge in [0.2, 0.25) is 0 Å². The summed E-state index contributed by atoms with van der Waals surface area (Å²) in [5, 5.41) is 8.49. The molecule has 1 unspecified atom stereocenters. The minimum atomic E-state index is -0.0749. The first-order valence-corrected chi connectivity index (χ1v) is 11.1. The van der Waals surface area contributed by atoms with Gasteiger partial charge in [0.15, 0.2) is 5.69 Å². The third-order valence-electron chi connectivity index (χ3n) is 7.29. The Morgan fingerprint density at radius 1 is 1.03 bits per heavy atom. The molecule has 0 radical (unpaired) electrons. The number of aromatic nitrogens is 3. The number of rotatable bonds is 3. The fourth-order valence-corrected chi connectivity index (χ4v) is 5.30. The van der Waals surface area contributed by atoms with Gasteiger partial charge in [-0.25, -0.2) is 4.68 Å². The maximum atomic E-state index is 12.9. The smallest absolute Gasteiger partial charge is 0.276 e. The summed E-state index contributed by atoms with van der Waals surface area (Å²) in [6, 6.07) is 2.07. The van der Waals surface area contributed by atoms with Gasteiger partial charge in [-0.05, 0) is 51.0 Å². The molecule has 0 N–H and O–H groups in total. The number of likely N-dealkylation sites (tertiary alicyclic amines) is 1. The van der Waals surface area contributed by atoms with E-state index in [1.807, 2.05) is 29.5 Å². The van der Waals surface area contributed by atoms with Crippen molar-refractivity contribution in [1.82, 2.24) is 24.8 Å². The van der Waals surface area contributed by atoms with Crippen LogP contribution in [0.4, 0.5) is 0 Å². The Balaban J connectivity index is 1.24. The molecule has 5 rings (SSSR count). The van der Waals surface area contributed by atoms with Crippen LogP contribution in [0.25, 0.3) is 0 Å². The van der Waals surface area contributed by atoms with Crippen molar-refractivity contribution in [3.8, 4) is 0 Å². The first-order chi connectivity index (χ1) is 15.0. The van der Waals surface area contributed by atoms with Crippen LogP contribution < -0.4 is 0 Å². The van der Waals surface area contributed by atoms with Crippen molar-refractivity contribution in [1.29, 1.82) is 0 Å². The average Bonchev–Trinajstić information content (AvgIpc) is 3.38. The van der Waals surface area contributed by atoms with Gasteiger partial charge in [0, 0.05) is 26.2 Å². The van der Waals surface area contributed by atoms with Gasteiger partial charge >= 0.3 is 0 Å². The largest absolute Gasteiger partial charge is 0.466 e. The highest BCUT2D eigenvalue weighted by molar-refractivity contribution is 5.95. The van der Waals surface area contributed by atoms with E-state index in [2.05, 4.69) is 10.3 Å². The van der Waals surface area contributed by atoms with Gasteiger partial charge in [-0.3, -0.25) is 9.59 Å². The van der Waals surface area contributed by atoms with Crippen LogP contribution in [0.3, 0.4) is 0 Å². The Kier molecular flexibility index (Phi) is 5.08. The molecule has 3 fully saturated rings. The van der Waals surface area contributed by atoms with Gasteiger partial charge < -0.3 is 19.0 Å². The molecule has 2 aliphatic heterocycles. The van der Waals surface area contributed by atoms with Crippen LogP contribution in [0, 0.1) is 19.3 Å². The van der Waals surface area contributed by atoms with Crippen molar-refractivity contribution in [2.45, 2.75) is 45.6 Å². The number of aryl methyl sites for hydroxylation is 2. The van der Waals surface area contributed by atoms with Gasteiger partial charge in [0.25, 0.3) is 11.8 Å². The summed E-state index contributed by atoms with van der Waals surface area (Å²) in [5.74, 6) is 1.43. The zero-order valence-corrected chi connectivity index (χ0v) is 18.2. The average molecular weight is 428 g/mol. The second-order valence-electron chi connectivity index (χ2n) is 9.02. The standard InChI is InChI=1S/C22H29N5O4/c1-15-13-17(16(2)31-15)20(28)25-7-5-22(6-8-25)4-3-19(22)27-14-18(23-24-27)21(29)26-9-11-30-12-10-26/h13-14,19H,3-12H2,1-2H3. The van der Waals surface area contributed by atoms with E-state index in [0.717, 1.165) is 44.5 Å². The second-order valence-corrected chi connectivity index (χ2v) is 9.02. The molecular formula is C22H29N5O4. The topological polar surface area (TPSA) is 93.7 Å². The van der Waals surface area contributed by atoms with Gasteiger partial charge in [0.1, 0.15) is 11.5 Å². The normalized spacial score (nSPS) is 23.1. The summed E-state index contributed by atoms with van der Waals surface area (Å²) in [7, 11) is 0. The van der Waals surface area contributed by atoms with Crippen molar-refractivity contribution in [3.63, 3.8) is 0 Å². The molecule has 2 saturated heterocycles. The summed E-state index contributed by atoms with van der Waals surface area (Å²) < 4.78 is 12.7. The van der Waals surface area contributed by atoms with E-state index in [-0.39, 0.29) is 23.3 Å². The number of piperidine rings is 1. The zero-order chi connectivity index (χ0) is 21.6. The van der Waals surface area contributed by atoms with Gasteiger partial charge in [-0.2, -0.15) is 0 Å². The SMILES string of the molecule is Cc1cc(C(=O)N2CCC3(CCC3n3cc(C(=O)N4CCOCC4)nn3)CC2)c(C)o1. The van der Waals surface area contributed by atoms with Crippen LogP contribution in [0.2, 0.25) is 0 Å². The van der Waals surface area contributed by atoms with Gasteiger partial charge in [-0.15, -0.1) is 5.10 Å². The van der Waals surface area contributed by atoms with E-state index >= 15 is 0 Å². The van der Waals surface area contributed by atoms with Crippen molar-refractivity contribution < 1.29 is 18.7 Å². The van der Waals surface area contributed by atoms with E-state index in [4.69, 9.17) is 9.15 Å². The molecule has 2 aromatic heterocycles. The lowest BCUT2D eigenvalue weighted by molar-refractivity contribution is -0.0268. The zero-order valence-electron chi connectivity index (χ0n) is 18.2. The van der Waals surface area contributed by atoms with Crippen LogP contribution in [0.5, 0.6) is 0 Å². The number of carbonyl (C=O) groups is 2. The van der Waals surface area contributed by atoms with Crippen molar-refractivity contribution >= 4 is 11.8 Å². The predicted octanol–water partition coefficient (Wildman–Crippen LogP) is 2.22. The van der Waals surface area contributed by atoms with Crippen molar-refractivity contribution in [3.05, 3.63) is 35.0 Å². The van der Waals surface area contributed by atoms with Crippen LogP contribution in [-0.2, 0) is 4.74 Å². The third-order valence-corrected chi connectivity index (χ3v) is 7.29. The quantitative estimate of drug-likeness (QED) is 0.746. The molecule has 2 amide bonds. The number of hydrogen-bond acceptors (Lipinski definition) is 6. The van der Waals surface area contributed by atoms with Crippen LogP contribution in [0.1, 0.15) is 64.1 Å². The molecule has 9 heteroatoms. The van der Waals surface area contributed by atoms with E-state index in [9.17, 15) is 9.59 Å². The molecule has 1 aliphatic carbocycles. The first kappa shape index (κ1) is 20.2. The minimum Gasteiger partial charge on any atom is -0.466 e. The lowest BCUT2D eigenvalue weighted by atomic mass is 9.59.